The van der Waals surface area contributed by atoms with Crippen molar-refractivity contribution in [3.63, 3.8) is 0 Å². The molecule has 0 N–H and O–H groups in total. The van der Waals surface area contributed by atoms with Crippen LogP contribution in [0, 0.1) is 10.2 Å². The third kappa shape index (κ3) is 13.8. The summed E-state index contributed by atoms with van der Waals surface area (Å²) < 4.78 is 43.8. The summed E-state index contributed by atoms with van der Waals surface area (Å²) in [6, 6.07) is 0. The van der Waals surface area contributed by atoms with Crippen LogP contribution in [0.4, 0.5) is 4.79 Å². The quantitative estimate of drug-likeness (QED) is 0.407. The van der Waals surface area contributed by atoms with E-state index in [9.17, 15) is 4.79 Å². The van der Waals surface area contributed by atoms with E-state index in [1.54, 1.807) is 0 Å². The summed E-state index contributed by atoms with van der Waals surface area (Å²) in [6.07, 6.45) is -0.546. The SMILES string of the molecule is CC[N+](CC)(CC)CC.O=C1OCCO1.[O-][Cl+3]([O-])([O-])[O-]. The minimum atomic E-state index is -4.94. The van der Waals surface area contributed by atoms with E-state index in [1.807, 2.05) is 0 Å². The van der Waals surface area contributed by atoms with Crippen LogP contribution < -0.4 is 18.6 Å². The summed E-state index contributed by atoms with van der Waals surface area (Å²) in [6.45, 7) is 15.1. The number of rotatable bonds is 4. The number of ether oxygens (including phenoxy) is 2. The number of quaternary nitrogens is 1. The summed E-state index contributed by atoms with van der Waals surface area (Å²) in [4.78, 5) is 9.80. The van der Waals surface area contributed by atoms with E-state index in [4.69, 9.17) is 18.6 Å². The van der Waals surface area contributed by atoms with Crippen molar-refractivity contribution in [1.82, 2.24) is 0 Å². The largest absolute Gasteiger partial charge is 0.508 e. The molecule has 1 aliphatic rings. The highest BCUT2D eigenvalue weighted by Crippen LogP contribution is 2.03. The maximum Gasteiger partial charge on any atom is 0.508 e. The summed E-state index contributed by atoms with van der Waals surface area (Å²) in [5, 5.41) is 0. The molecule has 0 amide bonds. The second kappa shape index (κ2) is 11.1. The van der Waals surface area contributed by atoms with Crippen molar-refractivity contribution in [2.75, 3.05) is 39.4 Å². The lowest BCUT2D eigenvalue weighted by Crippen LogP contribution is -2.68. The van der Waals surface area contributed by atoms with Gasteiger partial charge in [0.1, 0.15) is 13.2 Å². The summed E-state index contributed by atoms with van der Waals surface area (Å²) in [7, 11) is -4.94. The van der Waals surface area contributed by atoms with Gasteiger partial charge in [-0.05, 0) is 27.7 Å². The molecule has 0 aliphatic carbocycles. The van der Waals surface area contributed by atoms with Crippen LogP contribution in [-0.2, 0) is 9.47 Å². The first-order chi connectivity index (χ1) is 9.14. The van der Waals surface area contributed by atoms with E-state index in [-0.39, 0.29) is 0 Å². The van der Waals surface area contributed by atoms with Gasteiger partial charge in [0.05, 0.1) is 26.2 Å². The van der Waals surface area contributed by atoms with Gasteiger partial charge in [-0.3, -0.25) is 0 Å². The number of nitrogens with zero attached hydrogens (tertiary/aromatic N) is 1. The van der Waals surface area contributed by atoms with Crippen LogP contribution in [0.15, 0.2) is 0 Å². The molecule has 0 aromatic rings. The zero-order chi connectivity index (χ0) is 16.2. The fourth-order valence-electron chi connectivity index (χ4n) is 1.63. The van der Waals surface area contributed by atoms with E-state index < -0.39 is 16.4 Å². The molecule has 122 valence electrons. The highest BCUT2D eigenvalue weighted by Gasteiger charge is 2.16. The average molecular weight is 318 g/mol. The minimum absolute atomic E-state index is 0.416. The average Bonchev–Trinajstić information content (AvgIpc) is 2.83. The monoisotopic (exact) mass is 317 g/mol. The molecular formula is C11H24ClNO7. The Labute approximate surface area is 121 Å². The lowest BCUT2D eigenvalue weighted by Gasteiger charge is -2.34. The molecule has 1 fully saturated rings. The Balaban J connectivity index is 0. The molecule has 1 heterocycles. The van der Waals surface area contributed by atoms with Gasteiger partial charge in [0, 0.05) is 0 Å². The number of carbonyl (C=O) groups excluding carboxylic acids is 1. The van der Waals surface area contributed by atoms with E-state index in [2.05, 4.69) is 37.2 Å². The van der Waals surface area contributed by atoms with Gasteiger partial charge in [-0.2, -0.15) is 0 Å². The normalized spacial score (nSPS) is 14.3. The van der Waals surface area contributed by atoms with Crippen molar-refractivity contribution in [3.8, 4) is 0 Å². The van der Waals surface area contributed by atoms with Crippen molar-refractivity contribution in [2.24, 2.45) is 0 Å². The molecule has 0 unspecified atom stereocenters. The van der Waals surface area contributed by atoms with Crippen LogP contribution in [0.5, 0.6) is 0 Å². The van der Waals surface area contributed by atoms with Crippen LogP contribution >= 0.6 is 0 Å². The van der Waals surface area contributed by atoms with Gasteiger partial charge >= 0.3 is 6.16 Å². The maximum absolute atomic E-state index is 9.80. The molecule has 0 radical (unpaired) electrons. The highest BCUT2D eigenvalue weighted by atomic mass is 35.7. The van der Waals surface area contributed by atoms with E-state index in [0.717, 1.165) is 0 Å². The van der Waals surface area contributed by atoms with Crippen LogP contribution in [-0.4, -0.2) is 50.0 Å². The van der Waals surface area contributed by atoms with Gasteiger partial charge < -0.3 is 14.0 Å². The van der Waals surface area contributed by atoms with Crippen molar-refractivity contribution in [3.05, 3.63) is 0 Å². The lowest BCUT2D eigenvalue weighted by molar-refractivity contribution is -2.00. The van der Waals surface area contributed by atoms with E-state index >= 15 is 0 Å². The molecule has 0 spiro atoms. The molecule has 9 heteroatoms. The molecule has 0 aromatic heterocycles. The molecule has 1 aliphatic heterocycles. The second-order valence-corrected chi connectivity index (χ2v) is 4.69. The minimum Gasteiger partial charge on any atom is -0.431 e. The summed E-state index contributed by atoms with van der Waals surface area (Å²) >= 11 is 0. The number of hydrogen-bond acceptors (Lipinski definition) is 7. The molecule has 8 nitrogen and oxygen atoms in total. The molecule has 0 bridgehead atoms. The zero-order valence-electron chi connectivity index (χ0n) is 12.4. The fraction of sp³-hybridized carbons (Fsp3) is 0.909. The topological polar surface area (TPSA) is 128 Å². The van der Waals surface area contributed by atoms with Gasteiger partial charge in [0.2, 0.25) is 0 Å². The molecule has 1 saturated heterocycles. The van der Waals surface area contributed by atoms with Crippen molar-refractivity contribution in [2.45, 2.75) is 27.7 Å². The van der Waals surface area contributed by atoms with Crippen LogP contribution in [0.2, 0.25) is 0 Å². The van der Waals surface area contributed by atoms with Crippen molar-refractivity contribution >= 4 is 6.16 Å². The number of hydrogen-bond donors (Lipinski definition) is 0. The first kappa shape index (κ1) is 21.7. The Kier molecular flexibility index (Phi) is 12.0. The van der Waals surface area contributed by atoms with Gasteiger partial charge in [0.15, 0.2) is 0 Å². The van der Waals surface area contributed by atoms with Crippen molar-refractivity contribution in [1.29, 1.82) is 0 Å². The standard InChI is InChI=1S/C8H20N.C3H4O3.ClHO4/c1-5-9(6-2,7-3)8-4;4-3-5-1-2-6-3;2-1(3,4)5/h5-8H2,1-4H3;1-2H2;(H,2,3,4,5)/q+1;;/p-1. The van der Waals surface area contributed by atoms with E-state index in [1.165, 1.54) is 30.7 Å². The van der Waals surface area contributed by atoms with Gasteiger partial charge in [-0.25, -0.2) is 23.4 Å². The summed E-state index contributed by atoms with van der Waals surface area (Å²) in [5.74, 6) is 0. The Morgan fingerprint density at radius 2 is 1.15 bits per heavy atom. The Morgan fingerprint density at radius 1 is 0.900 bits per heavy atom. The Bertz CT molecular complexity index is 222. The van der Waals surface area contributed by atoms with Gasteiger partial charge in [-0.15, -0.1) is 10.2 Å². The molecule has 20 heavy (non-hydrogen) atoms. The molecule has 0 atom stereocenters. The number of carbonyl (C=O) groups is 1. The predicted octanol–water partition coefficient (Wildman–Crippen LogP) is -2.72. The van der Waals surface area contributed by atoms with Gasteiger partial charge in [-0.1, -0.05) is 0 Å². The van der Waals surface area contributed by atoms with Crippen molar-refractivity contribution < 1.29 is 47.6 Å². The first-order valence-corrected chi connectivity index (χ1v) is 7.63. The van der Waals surface area contributed by atoms with Crippen LogP contribution in [0.1, 0.15) is 27.7 Å². The second-order valence-electron chi connectivity index (χ2n) is 3.93. The zero-order valence-corrected chi connectivity index (χ0v) is 13.2. The lowest BCUT2D eigenvalue weighted by atomic mass is 10.3. The smallest absolute Gasteiger partial charge is 0.431 e. The fourth-order valence-corrected chi connectivity index (χ4v) is 1.63. The third-order valence-electron chi connectivity index (χ3n) is 3.21. The van der Waals surface area contributed by atoms with Crippen LogP contribution in [0.3, 0.4) is 0 Å². The molecule has 0 aromatic carbocycles. The number of cyclic esters (lactones) is 2. The Hall–Kier alpha value is -0.640. The Morgan fingerprint density at radius 3 is 1.20 bits per heavy atom. The van der Waals surface area contributed by atoms with Gasteiger partial charge in [0.25, 0.3) is 0 Å². The highest BCUT2D eigenvalue weighted by molar-refractivity contribution is 5.61. The predicted molar refractivity (Wildman–Crippen MR) is 59.7 cm³/mol. The first-order valence-electron chi connectivity index (χ1n) is 6.40. The summed E-state index contributed by atoms with van der Waals surface area (Å²) in [5.41, 5.74) is 0. The maximum atomic E-state index is 9.80. The van der Waals surface area contributed by atoms with Crippen LogP contribution in [0.25, 0.3) is 0 Å². The van der Waals surface area contributed by atoms with E-state index in [0.29, 0.717) is 13.2 Å². The third-order valence-corrected chi connectivity index (χ3v) is 3.21. The number of halogens is 1. The molecular weight excluding hydrogens is 294 g/mol. The molecule has 0 saturated carbocycles. The molecule has 1 rings (SSSR count).